The van der Waals surface area contributed by atoms with Gasteiger partial charge >= 0.3 is 41.3 Å². The normalized spacial score (nSPS) is 17.8. The van der Waals surface area contributed by atoms with Crippen molar-refractivity contribution in [2.24, 2.45) is 5.92 Å². The molecule has 22 heavy (non-hydrogen) atoms. The minimum Gasteiger partial charge on any atom is -1.00 e. The summed E-state index contributed by atoms with van der Waals surface area (Å²) in [5.74, 6) is 0.378. The van der Waals surface area contributed by atoms with Crippen LogP contribution in [0, 0.1) is 12.0 Å². The van der Waals surface area contributed by atoms with Crippen LogP contribution in [-0.4, -0.2) is 13.7 Å². The zero-order chi connectivity index (χ0) is 14.5. The molecule has 116 valence electrons. The van der Waals surface area contributed by atoms with Gasteiger partial charge < -0.3 is 29.2 Å². The molecule has 1 atom stereocenters. The molecule has 0 aliphatic heterocycles. The number of fused-ring (bicyclic) bond motifs is 1. The van der Waals surface area contributed by atoms with E-state index in [1.165, 1.54) is 19.9 Å². The summed E-state index contributed by atoms with van der Waals surface area (Å²) in [6.45, 7) is 4.25. The van der Waals surface area contributed by atoms with Crippen LogP contribution < -0.4 is 24.8 Å². The second-order valence-corrected chi connectivity index (χ2v) is 7.99. The van der Waals surface area contributed by atoms with E-state index in [1.807, 2.05) is 0 Å². The van der Waals surface area contributed by atoms with Crippen molar-refractivity contribution in [3.63, 3.8) is 0 Å². The zero-order valence-electron chi connectivity index (χ0n) is 12.9. The van der Waals surface area contributed by atoms with E-state index in [0.29, 0.717) is 5.92 Å². The van der Waals surface area contributed by atoms with Crippen molar-refractivity contribution < 1.29 is 53.5 Å². The summed E-state index contributed by atoms with van der Waals surface area (Å²) in [7, 11) is 0.744. The van der Waals surface area contributed by atoms with Crippen molar-refractivity contribution in [1.29, 1.82) is 0 Å². The molecule has 1 aromatic rings. The van der Waals surface area contributed by atoms with Gasteiger partial charge in [0.15, 0.2) is 0 Å². The van der Waals surface area contributed by atoms with Crippen LogP contribution >= 0.6 is 0 Å². The molecule has 2 aliphatic carbocycles. The number of allylic oxidation sites excluding steroid dienone is 5. The molecule has 0 aromatic heterocycles. The largest absolute Gasteiger partial charge is 1.00 e. The first-order chi connectivity index (χ1) is 9.63. The predicted octanol–water partition coefficient (Wildman–Crippen LogP) is -3.28. The Morgan fingerprint density at radius 2 is 1.68 bits per heavy atom. The Balaban J connectivity index is 0.000000665. The molecule has 0 amide bonds. The topological polar surface area (TPSA) is 9.23 Å². The van der Waals surface area contributed by atoms with E-state index in [0.717, 1.165) is 10.5 Å². The number of rotatable bonds is 2. The second kappa shape index (κ2) is 10.7. The van der Waals surface area contributed by atoms with Gasteiger partial charge in [-0.15, -0.1) is 11.6 Å². The monoisotopic (exact) mass is 427 g/mol. The minimum absolute atomic E-state index is 0. The van der Waals surface area contributed by atoms with Gasteiger partial charge in [-0.25, -0.2) is 11.6 Å². The van der Waals surface area contributed by atoms with Crippen molar-refractivity contribution >= 4 is 19.3 Å². The van der Waals surface area contributed by atoms with Gasteiger partial charge in [-0.3, -0.25) is 0 Å². The molecule has 0 N–H and O–H groups in total. The van der Waals surface area contributed by atoms with Crippen molar-refractivity contribution in [1.82, 2.24) is 0 Å². The number of hydrogen-bond donors (Lipinski definition) is 0. The van der Waals surface area contributed by atoms with Gasteiger partial charge in [0.2, 0.25) is 0 Å². The average Bonchev–Trinajstić information content (AvgIpc) is 3.05. The van der Waals surface area contributed by atoms with Gasteiger partial charge in [-0.1, -0.05) is 42.5 Å². The summed E-state index contributed by atoms with van der Waals surface area (Å²) in [5, 5.41) is 0. The average molecular weight is 430 g/mol. The summed E-state index contributed by atoms with van der Waals surface area (Å²) < 4.78 is 7.09. The Kier molecular flexibility index (Phi) is 10.6. The molecule has 1 aromatic carbocycles. The minimum atomic E-state index is 0. The van der Waals surface area contributed by atoms with Crippen LogP contribution in [0.1, 0.15) is 31.1 Å². The Morgan fingerprint density at radius 3 is 2.23 bits per heavy atom. The SMILES string of the molecule is C[C](C)=[Zr+2].[Cl-].[Cl-].[SiH3]OC1[C-]=C(C2C=CC=C2)c2ccccc21. The van der Waals surface area contributed by atoms with Crippen LogP contribution in [-0.2, 0) is 28.7 Å². The van der Waals surface area contributed by atoms with Crippen LogP contribution in [0.4, 0.5) is 0 Å². The molecular formula is C17H19Cl2OSiZr-. The van der Waals surface area contributed by atoms with Crippen LogP contribution in [0.2, 0.25) is 0 Å². The first-order valence-corrected chi connectivity index (χ1v) is 8.80. The molecule has 5 heteroatoms. The molecule has 3 rings (SSSR count). The van der Waals surface area contributed by atoms with E-state index < -0.39 is 0 Å². The van der Waals surface area contributed by atoms with E-state index in [9.17, 15) is 0 Å². The predicted molar refractivity (Wildman–Crippen MR) is 85.0 cm³/mol. The third-order valence-electron chi connectivity index (χ3n) is 3.14. The van der Waals surface area contributed by atoms with Gasteiger partial charge in [-0.2, -0.15) is 5.56 Å². The van der Waals surface area contributed by atoms with Crippen molar-refractivity contribution in [2.75, 3.05) is 0 Å². The van der Waals surface area contributed by atoms with Crippen LogP contribution in [0.5, 0.6) is 0 Å². The molecule has 1 unspecified atom stereocenters. The van der Waals surface area contributed by atoms with E-state index in [1.54, 1.807) is 24.2 Å². The van der Waals surface area contributed by atoms with Gasteiger partial charge in [0, 0.05) is 0 Å². The first kappa shape index (κ1) is 21.9. The molecule has 1 nitrogen and oxygen atoms in total. The van der Waals surface area contributed by atoms with Gasteiger partial charge in [0.25, 0.3) is 0 Å². The van der Waals surface area contributed by atoms with Gasteiger partial charge in [-0.05, 0) is 12.0 Å². The molecule has 2 aliphatic rings. The Hall–Kier alpha value is -0.0500. The first-order valence-electron chi connectivity index (χ1n) is 6.75. The van der Waals surface area contributed by atoms with Gasteiger partial charge in [0.05, 0.1) is 0 Å². The molecule has 0 fully saturated rings. The van der Waals surface area contributed by atoms with Gasteiger partial charge in [0.1, 0.15) is 10.5 Å². The molecule has 0 bridgehead atoms. The second-order valence-electron chi connectivity index (χ2n) is 5.06. The fourth-order valence-corrected chi connectivity index (χ4v) is 2.73. The maximum Gasteiger partial charge on any atom is 0.144 e. The maximum absolute atomic E-state index is 5.59. The van der Waals surface area contributed by atoms with E-state index >= 15 is 0 Å². The summed E-state index contributed by atoms with van der Waals surface area (Å²) in [4.78, 5) is 0. The third-order valence-corrected chi connectivity index (χ3v) is 3.61. The quantitative estimate of drug-likeness (QED) is 0.354. The fourth-order valence-electron chi connectivity index (χ4n) is 2.35. The summed E-state index contributed by atoms with van der Waals surface area (Å²) in [5.41, 5.74) is 3.83. The van der Waals surface area contributed by atoms with Crippen molar-refractivity contribution in [3.8, 4) is 0 Å². The summed E-state index contributed by atoms with van der Waals surface area (Å²) in [6.07, 6.45) is 12.1. The van der Waals surface area contributed by atoms with E-state index in [-0.39, 0.29) is 30.9 Å². The standard InChI is InChI=1S/C14H13OSi.C3H6.2ClH.Zr/c16-15-14-9-13(10-5-1-2-6-10)11-7-3-4-8-12(11)14;1-3-2;;;/h1-8,10,14H,16H3;1-2H3;2*1H;/q-1;;;;+2/p-2. The third kappa shape index (κ3) is 5.54. The molecule has 0 radical (unpaired) electrons. The molecular weight excluding hydrogens is 410 g/mol. The number of benzene rings is 1. The number of halogens is 2. The molecule has 0 saturated carbocycles. The smallest absolute Gasteiger partial charge is 0.144 e. The van der Waals surface area contributed by atoms with Crippen molar-refractivity contribution in [3.05, 3.63) is 65.8 Å². The zero-order valence-corrected chi connectivity index (χ0v) is 18.9. The molecule has 0 spiro atoms. The van der Waals surface area contributed by atoms with Crippen LogP contribution in [0.15, 0.2) is 48.6 Å². The Bertz CT molecular complexity index is 580. The summed E-state index contributed by atoms with van der Waals surface area (Å²) in [6, 6.07) is 8.45. The van der Waals surface area contributed by atoms with Crippen LogP contribution in [0.3, 0.4) is 0 Å². The molecule has 0 saturated heterocycles. The molecule has 0 heterocycles. The van der Waals surface area contributed by atoms with E-state index in [2.05, 4.69) is 68.5 Å². The van der Waals surface area contributed by atoms with Crippen molar-refractivity contribution in [2.45, 2.75) is 20.0 Å². The van der Waals surface area contributed by atoms with Crippen LogP contribution in [0.25, 0.3) is 5.57 Å². The number of hydrogen-bond acceptors (Lipinski definition) is 1. The maximum atomic E-state index is 5.59. The fraction of sp³-hybridized carbons (Fsp3) is 0.235. The van der Waals surface area contributed by atoms with E-state index in [4.69, 9.17) is 4.43 Å². The Labute approximate surface area is 163 Å². The summed E-state index contributed by atoms with van der Waals surface area (Å²) >= 11 is 1.55. The Morgan fingerprint density at radius 1 is 1.14 bits per heavy atom.